The van der Waals surface area contributed by atoms with E-state index in [0.717, 1.165) is 32.1 Å². The van der Waals surface area contributed by atoms with E-state index >= 15 is 0 Å². The smallest absolute Gasteiger partial charge is 0.403 e. The maximum atomic E-state index is 12.4. The molecule has 0 aliphatic heterocycles. The molecule has 0 fully saturated rings. The van der Waals surface area contributed by atoms with Gasteiger partial charge in [0.1, 0.15) is 6.61 Å². The highest BCUT2D eigenvalue weighted by Gasteiger charge is 2.24. The van der Waals surface area contributed by atoms with Gasteiger partial charge in [-0.1, -0.05) is 142 Å². The highest BCUT2D eigenvalue weighted by atomic mass is 31.2. The molecule has 0 saturated carbocycles. The number of ether oxygens (including phenoxy) is 2. The van der Waals surface area contributed by atoms with Gasteiger partial charge in [0.25, 0.3) is 0 Å². The van der Waals surface area contributed by atoms with Crippen LogP contribution in [-0.2, 0) is 28.2 Å². The summed E-state index contributed by atoms with van der Waals surface area (Å²) in [4.78, 5) is 34.6. The van der Waals surface area contributed by atoms with Crippen LogP contribution in [0.4, 0.5) is 0 Å². The average molecular weight is 636 g/mol. The quantitative estimate of drug-likeness (QED) is 0.0369. The van der Waals surface area contributed by atoms with Crippen molar-refractivity contribution in [2.24, 2.45) is 0 Å². The van der Waals surface area contributed by atoms with Crippen molar-refractivity contribution < 1.29 is 38.2 Å². The van der Waals surface area contributed by atoms with Crippen LogP contribution >= 0.6 is 7.75 Å². The maximum Gasteiger partial charge on any atom is 0.403 e. The van der Waals surface area contributed by atoms with Gasteiger partial charge in [0.15, 0.2) is 6.10 Å². The minimum atomic E-state index is -4.18. The highest BCUT2D eigenvalue weighted by molar-refractivity contribution is 7.50. The predicted octanol–water partition coefficient (Wildman–Crippen LogP) is 8.54. The number of unbranched alkanes of at least 4 members (excludes halogenated alkanes) is 20. The number of nitrogens with one attached hydrogen (secondary N) is 1. The number of aliphatic hydroxyl groups excluding tert-OH is 1. The number of hydrogen-bond donors (Lipinski definition) is 3. The minimum Gasteiger partial charge on any atom is -0.462 e. The molecule has 0 rings (SSSR count). The second kappa shape index (κ2) is 31.0. The molecule has 0 radical (unpaired) electrons. The van der Waals surface area contributed by atoms with Crippen molar-refractivity contribution in [2.45, 2.75) is 174 Å². The van der Waals surface area contributed by atoms with E-state index in [1.165, 1.54) is 103 Å². The SMILES string of the molecule is CCCCCCCCCCCCCC(=O)OC[C@H](COP(=O)(O)NCCO)OC(=O)CCCCCCCCCCCCC. The van der Waals surface area contributed by atoms with Crippen molar-refractivity contribution in [3.8, 4) is 0 Å². The largest absolute Gasteiger partial charge is 0.462 e. The first-order valence-electron chi connectivity index (χ1n) is 17.5. The fourth-order valence-electron chi connectivity index (χ4n) is 4.91. The van der Waals surface area contributed by atoms with Gasteiger partial charge in [-0.15, -0.1) is 0 Å². The average Bonchev–Trinajstić information content (AvgIpc) is 2.99. The van der Waals surface area contributed by atoms with Crippen molar-refractivity contribution >= 4 is 19.7 Å². The Morgan fingerprint density at radius 3 is 1.44 bits per heavy atom. The Hall–Kier alpha value is -0.990. The van der Waals surface area contributed by atoms with Crippen molar-refractivity contribution in [1.82, 2.24) is 5.09 Å². The molecule has 0 bridgehead atoms. The molecule has 3 N–H and O–H groups in total. The van der Waals surface area contributed by atoms with Crippen LogP contribution in [0.1, 0.15) is 168 Å². The van der Waals surface area contributed by atoms with Crippen molar-refractivity contribution in [3.05, 3.63) is 0 Å². The normalized spacial score (nSPS) is 13.5. The fraction of sp³-hybridized carbons (Fsp3) is 0.939. The van der Waals surface area contributed by atoms with E-state index in [4.69, 9.17) is 19.1 Å². The molecule has 256 valence electrons. The summed E-state index contributed by atoms with van der Waals surface area (Å²) in [5.41, 5.74) is 0. The van der Waals surface area contributed by atoms with E-state index in [1.54, 1.807) is 0 Å². The van der Waals surface area contributed by atoms with E-state index in [9.17, 15) is 19.0 Å². The summed E-state index contributed by atoms with van der Waals surface area (Å²) in [7, 11) is -4.18. The van der Waals surface area contributed by atoms with Gasteiger partial charge in [-0.2, -0.15) is 0 Å². The Morgan fingerprint density at radius 1 is 0.628 bits per heavy atom. The van der Waals surface area contributed by atoms with E-state index in [2.05, 4.69) is 18.9 Å². The van der Waals surface area contributed by atoms with Crippen LogP contribution in [0.15, 0.2) is 0 Å². The molecule has 0 amide bonds. The maximum absolute atomic E-state index is 12.4. The lowest BCUT2D eigenvalue weighted by Crippen LogP contribution is -2.30. The molecule has 0 aliphatic rings. The molecule has 9 nitrogen and oxygen atoms in total. The van der Waals surface area contributed by atoms with E-state index < -0.39 is 26.4 Å². The van der Waals surface area contributed by atoms with Gasteiger partial charge >= 0.3 is 19.7 Å². The second-order valence-corrected chi connectivity index (χ2v) is 13.4. The fourth-order valence-corrected chi connectivity index (χ4v) is 5.75. The molecule has 0 spiro atoms. The monoisotopic (exact) mass is 635 g/mol. The molecule has 10 heteroatoms. The van der Waals surface area contributed by atoms with Gasteiger partial charge in [-0.05, 0) is 12.8 Å². The summed E-state index contributed by atoms with van der Waals surface area (Å²) in [6.45, 7) is 3.37. The van der Waals surface area contributed by atoms with Crippen LogP contribution < -0.4 is 5.09 Å². The molecule has 0 aromatic carbocycles. The van der Waals surface area contributed by atoms with E-state index in [0.29, 0.717) is 6.42 Å². The number of carbonyl (C=O) groups is 2. The number of carbonyl (C=O) groups excluding carboxylic acids is 2. The first-order valence-corrected chi connectivity index (χ1v) is 19.1. The van der Waals surface area contributed by atoms with Crippen molar-refractivity contribution in [2.75, 3.05) is 26.4 Å². The van der Waals surface area contributed by atoms with Crippen LogP contribution in [0.5, 0.6) is 0 Å². The molecular formula is C33H66NO8P. The van der Waals surface area contributed by atoms with Gasteiger partial charge < -0.3 is 19.5 Å². The minimum absolute atomic E-state index is 0.120. The number of hydrogen-bond acceptors (Lipinski definition) is 7. The lowest BCUT2D eigenvalue weighted by molar-refractivity contribution is -0.161. The third kappa shape index (κ3) is 30.8. The summed E-state index contributed by atoms with van der Waals surface area (Å²) in [5.74, 6) is -0.824. The highest BCUT2D eigenvalue weighted by Crippen LogP contribution is 2.36. The first kappa shape index (κ1) is 42.0. The van der Waals surface area contributed by atoms with Crippen molar-refractivity contribution in [1.29, 1.82) is 0 Å². The van der Waals surface area contributed by atoms with Crippen LogP contribution in [0, 0.1) is 0 Å². The Bertz CT molecular complexity index is 694. The molecule has 0 heterocycles. The third-order valence-corrected chi connectivity index (χ3v) is 8.68. The predicted molar refractivity (Wildman–Crippen MR) is 174 cm³/mol. The Kier molecular flexibility index (Phi) is 30.3. The summed E-state index contributed by atoms with van der Waals surface area (Å²) in [5, 5.41) is 11.1. The molecule has 0 aromatic rings. The van der Waals surface area contributed by atoms with Gasteiger partial charge in [0.05, 0.1) is 13.2 Å². The molecule has 2 atom stereocenters. The molecule has 0 aromatic heterocycles. The zero-order chi connectivity index (χ0) is 31.9. The Balaban J connectivity index is 4.25. The van der Waals surface area contributed by atoms with Gasteiger partial charge in [-0.3, -0.25) is 14.1 Å². The Labute approximate surface area is 263 Å². The zero-order valence-electron chi connectivity index (χ0n) is 27.7. The molecule has 0 aliphatic carbocycles. The van der Waals surface area contributed by atoms with E-state index in [1.807, 2.05) is 0 Å². The standard InChI is InChI=1S/C33H66NO8P/c1-3-5-7-9-11-13-15-17-19-21-23-25-32(36)40-29-31(30-41-43(38,39)34-27-28-35)42-33(37)26-24-22-20-18-16-14-12-10-8-6-4-2/h31,35H,3-30H2,1-2H3,(H2,34,38,39)/t31-/m1/s1. The molecule has 1 unspecified atom stereocenters. The second-order valence-electron chi connectivity index (χ2n) is 11.8. The number of aliphatic hydroxyl groups is 1. The molecular weight excluding hydrogens is 569 g/mol. The number of esters is 2. The lowest BCUT2D eigenvalue weighted by Gasteiger charge is -2.20. The van der Waals surface area contributed by atoms with E-state index in [-0.39, 0.29) is 38.6 Å². The third-order valence-electron chi connectivity index (χ3n) is 7.56. The van der Waals surface area contributed by atoms with Crippen LogP contribution in [0.25, 0.3) is 0 Å². The van der Waals surface area contributed by atoms with Crippen LogP contribution in [0.2, 0.25) is 0 Å². The summed E-state index contributed by atoms with van der Waals surface area (Å²) < 4.78 is 27.9. The molecule has 0 saturated heterocycles. The first-order chi connectivity index (χ1) is 20.8. The Morgan fingerprint density at radius 2 is 1.02 bits per heavy atom. The number of rotatable bonds is 33. The van der Waals surface area contributed by atoms with Crippen molar-refractivity contribution in [3.63, 3.8) is 0 Å². The summed E-state index contributed by atoms with van der Waals surface area (Å²) in [6.07, 6.45) is 25.6. The van der Waals surface area contributed by atoms with Crippen LogP contribution in [0.3, 0.4) is 0 Å². The lowest BCUT2D eigenvalue weighted by atomic mass is 10.1. The topological polar surface area (TPSA) is 131 Å². The zero-order valence-corrected chi connectivity index (χ0v) is 28.6. The van der Waals surface area contributed by atoms with Gasteiger partial charge in [0.2, 0.25) is 0 Å². The molecule has 43 heavy (non-hydrogen) atoms. The van der Waals surface area contributed by atoms with Gasteiger partial charge in [0, 0.05) is 19.4 Å². The van der Waals surface area contributed by atoms with Gasteiger partial charge in [-0.25, -0.2) is 9.65 Å². The van der Waals surface area contributed by atoms with Crippen LogP contribution in [-0.4, -0.2) is 54.4 Å². The summed E-state index contributed by atoms with van der Waals surface area (Å²) >= 11 is 0. The summed E-state index contributed by atoms with van der Waals surface area (Å²) in [6, 6.07) is 0.